The fraction of sp³-hybridized carbons (Fsp3) is 0.500. The molecular weight excluding hydrogens is 547 g/mol. The van der Waals surface area contributed by atoms with Gasteiger partial charge >= 0.3 is 11.3 Å². The molecule has 1 N–H and O–H groups in total. The van der Waals surface area contributed by atoms with Crippen molar-refractivity contribution < 1.29 is 13.6 Å². The van der Waals surface area contributed by atoms with Crippen molar-refractivity contribution in [2.45, 2.75) is 40.7 Å². The minimum absolute atomic E-state index is 0.0103. The zero-order chi connectivity index (χ0) is 26.1. The normalized spacial score (nSPS) is 19.2. The second kappa shape index (κ2) is 11.0. The number of alkyl halides is 3. The van der Waals surface area contributed by atoms with Crippen molar-refractivity contribution in [2.24, 2.45) is 0 Å². The van der Waals surface area contributed by atoms with Gasteiger partial charge in [0, 0.05) is 30.6 Å². The van der Waals surface area contributed by atoms with Gasteiger partial charge in [-0.1, -0.05) is 53.5 Å². The number of rotatable bonds is 8. The maximum atomic E-state index is 13.6. The zero-order valence-corrected chi connectivity index (χ0v) is 23.4. The fourth-order valence-corrected chi connectivity index (χ4v) is 7.39. The number of amides is 1. The Hall–Kier alpha value is -1.09. The first kappa shape index (κ1) is 27.9. The molecule has 2 heterocycles. The van der Waals surface area contributed by atoms with E-state index in [2.05, 4.69) is 34.5 Å². The summed E-state index contributed by atoms with van der Waals surface area (Å²) in [6.45, 7) is 2.60. The van der Waals surface area contributed by atoms with Crippen LogP contribution in [0.3, 0.4) is 0 Å². The summed E-state index contributed by atoms with van der Waals surface area (Å²) in [4.78, 5) is 15.6. The third-order valence-corrected chi connectivity index (χ3v) is 10.1. The molecule has 1 spiro atoms. The molecule has 0 saturated carbocycles. The molecule has 1 unspecified atom stereocenters. The Balaban J connectivity index is 1.51. The number of nitrogens with one attached hydrogen (secondary N) is 1. The van der Waals surface area contributed by atoms with Crippen LogP contribution in [0.2, 0.25) is 10.0 Å². The Morgan fingerprint density at radius 3 is 2.50 bits per heavy atom. The highest BCUT2D eigenvalue weighted by atomic mass is 35.5. The molecule has 4 nitrogen and oxygen atoms in total. The molecule has 1 atom stereocenters. The van der Waals surface area contributed by atoms with Crippen LogP contribution in [-0.2, 0) is 20.8 Å². The number of likely N-dealkylation sites (N-methyl/N-ethyl adjacent to an activating group) is 2. The molecule has 1 amide bonds. The Bertz CT molecular complexity index is 1110. The molecule has 196 valence electrons. The smallest absolute Gasteiger partial charge is 0.337 e. The van der Waals surface area contributed by atoms with E-state index in [9.17, 15) is 13.6 Å². The monoisotopic (exact) mass is 575 g/mol. The number of hydrogen-bond donors (Lipinski definition) is 1. The SMILES string of the molecule is CNC(CCN1CCC2(CC1)SCc1ccccc12)(CN(C)C(=O)C(F)(F)Cl)c1ccc(Cl)c(Cl)c1. The molecule has 36 heavy (non-hydrogen) atoms. The molecule has 0 aromatic heterocycles. The van der Waals surface area contributed by atoms with Gasteiger partial charge in [0.25, 0.3) is 0 Å². The lowest BCUT2D eigenvalue weighted by molar-refractivity contribution is -0.146. The van der Waals surface area contributed by atoms with Crippen LogP contribution in [-0.4, -0.2) is 61.4 Å². The van der Waals surface area contributed by atoms with Gasteiger partial charge in [-0.05, 0) is 79.8 Å². The van der Waals surface area contributed by atoms with Crippen LogP contribution in [0.25, 0.3) is 0 Å². The lowest BCUT2D eigenvalue weighted by Gasteiger charge is -2.42. The van der Waals surface area contributed by atoms with E-state index < -0.39 is 16.8 Å². The van der Waals surface area contributed by atoms with Gasteiger partial charge in [-0.15, -0.1) is 11.8 Å². The molecule has 0 aliphatic carbocycles. The van der Waals surface area contributed by atoms with E-state index in [0.717, 1.165) is 48.7 Å². The summed E-state index contributed by atoms with van der Waals surface area (Å²) in [5, 5.41) is 0.0966. The minimum atomic E-state index is -3.97. The second-order valence-corrected chi connectivity index (χ2v) is 12.3. The van der Waals surface area contributed by atoms with Gasteiger partial charge in [0.15, 0.2) is 0 Å². The summed E-state index contributed by atoms with van der Waals surface area (Å²) in [5.74, 6) is -0.386. The first-order chi connectivity index (χ1) is 17.0. The fourth-order valence-electron chi connectivity index (χ4n) is 5.43. The van der Waals surface area contributed by atoms with Gasteiger partial charge in [0.2, 0.25) is 0 Å². The number of fused-ring (bicyclic) bond motifs is 2. The molecular formula is C26H30Cl3F2N3OS. The number of hydrogen-bond acceptors (Lipinski definition) is 4. The minimum Gasteiger partial charge on any atom is -0.337 e. The van der Waals surface area contributed by atoms with E-state index in [-0.39, 0.29) is 11.3 Å². The lowest BCUT2D eigenvalue weighted by Crippen LogP contribution is -2.54. The van der Waals surface area contributed by atoms with E-state index in [1.807, 2.05) is 17.8 Å². The van der Waals surface area contributed by atoms with E-state index in [4.69, 9.17) is 34.8 Å². The average Bonchev–Trinajstić information content (AvgIpc) is 3.21. The molecule has 4 rings (SSSR count). The van der Waals surface area contributed by atoms with Crippen molar-refractivity contribution in [3.63, 3.8) is 0 Å². The summed E-state index contributed by atoms with van der Waals surface area (Å²) < 4.78 is 27.4. The molecule has 0 bridgehead atoms. The van der Waals surface area contributed by atoms with Crippen LogP contribution in [0.4, 0.5) is 8.78 Å². The van der Waals surface area contributed by atoms with Gasteiger partial charge < -0.3 is 15.1 Å². The van der Waals surface area contributed by atoms with Crippen molar-refractivity contribution >= 4 is 52.5 Å². The third kappa shape index (κ3) is 5.67. The van der Waals surface area contributed by atoms with Gasteiger partial charge in [-0.2, -0.15) is 8.78 Å². The molecule has 1 saturated heterocycles. The third-order valence-electron chi connectivity index (χ3n) is 7.58. The van der Waals surface area contributed by atoms with Crippen LogP contribution in [0, 0.1) is 0 Å². The molecule has 10 heteroatoms. The highest BCUT2D eigenvalue weighted by molar-refractivity contribution is 7.99. The Morgan fingerprint density at radius 2 is 1.86 bits per heavy atom. The summed E-state index contributed by atoms with van der Waals surface area (Å²) in [5.41, 5.74) is 2.85. The lowest BCUT2D eigenvalue weighted by atomic mass is 9.84. The second-order valence-electron chi connectivity index (χ2n) is 9.65. The number of halogens is 5. The number of nitrogens with zero attached hydrogens (tertiary/aromatic N) is 2. The molecule has 0 radical (unpaired) electrons. The van der Waals surface area contributed by atoms with Gasteiger partial charge in [-0.3, -0.25) is 4.79 Å². The standard InChI is InChI=1S/C26H30Cl3F2N3OS/c1-32-24(17-33(2)23(35)26(29,30)31,19-7-8-21(27)22(28)15-19)9-12-34-13-10-25(11-14-34)20-6-4-3-5-18(20)16-36-25/h3-8,15,32H,9-14,16-17H2,1-2H3. The number of carbonyl (C=O) groups excluding carboxylic acids is 1. The number of piperidine rings is 1. The highest BCUT2D eigenvalue weighted by Gasteiger charge is 2.44. The number of thioether (sulfide) groups is 1. The van der Waals surface area contributed by atoms with Crippen LogP contribution < -0.4 is 5.32 Å². The van der Waals surface area contributed by atoms with Crippen molar-refractivity contribution in [2.75, 3.05) is 40.3 Å². The van der Waals surface area contributed by atoms with Gasteiger partial charge in [0.05, 0.1) is 15.6 Å². The molecule has 2 aromatic carbocycles. The highest BCUT2D eigenvalue weighted by Crippen LogP contribution is 2.53. The van der Waals surface area contributed by atoms with Gasteiger partial charge in [0.1, 0.15) is 0 Å². The molecule has 1 fully saturated rings. The summed E-state index contributed by atoms with van der Waals surface area (Å²) >= 11 is 19.5. The van der Waals surface area contributed by atoms with E-state index in [1.165, 1.54) is 18.2 Å². The topological polar surface area (TPSA) is 35.6 Å². The van der Waals surface area contributed by atoms with E-state index >= 15 is 0 Å². The summed E-state index contributed by atoms with van der Waals surface area (Å²) in [6, 6.07) is 14.0. The predicted octanol–water partition coefficient (Wildman–Crippen LogP) is 6.33. The number of likely N-dealkylation sites (tertiary alicyclic amines) is 1. The zero-order valence-electron chi connectivity index (χ0n) is 20.3. The van der Waals surface area contributed by atoms with E-state index in [0.29, 0.717) is 16.5 Å². The van der Waals surface area contributed by atoms with Crippen molar-refractivity contribution in [1.82, 2.24) is 15.1 Å². The maximum Gasteiger partial charge on any atom is 0.399 e. The molecule has 2 aliphatic heterocycles. The quantitative estimate of drug-likeness (QED) is 0.373. The van der Waals surface area contributed by atoms with Crippen LogP contribution in [0.15, 0.2) is 42.5 Å². The average molecular weight is 577 g/mol. The van der Waals surface area contributed by atoms with Crippen LogP contribution in [0.5, 0.6) is 0 Å². The van der Waals surface area contributed by atoms with Crippen molar-refractivity contribution in [1.29, 1.82) is 0 Å². The summed E-state index contributed by atoms with van der Waals surface area (Å²) in [7, 11) is 3.10. The van der Waals surface area contributed by atoms with Crippen molar-refractivity contribution in [3.8, 4) is 0 Å². The maximum absolute atomic E-state index is 13.6. The Kier molecular flexibility index (Phi) is 8.50. The van der Waals surface area contributed by atoms with E-state index in [1.54, 1.807) is 19.2 Å². The molecule has 2 aromatic rings. The Morgan fingerprint density at radius 1 is 1.17 bits per heavy atom. The number of carbonyl (C=O) groups is 1. The first-order valence-corrected chi connectivity index (χ1v) is 14.0. The Labute approximate surface area is 230 Å². The summed E-state index contributed by atoms with van der Waals surface area (Å²) in [6.07, 6.45) is 2.69. The first-order valence-electron chi connectivity index (χ1n) is 11.9. The molecule has 2 aliphatic rings. The predicted molar refractivity (Wildman–Crippen MR) is 145 cm³/mol. The van der Waals surface area contributed by atoms with Crippen LogP contribution in [0.1, 0.15) is 36.0 Å². The largest absolute Gasteiger partial charge is 0.399 e. The van der Waals surface area contributed by atoms with Crippen LogP contribution >= 0.6 is 46.6 Å². The number of benzene rings is 2. The van der Waals surface area contributed by atoms with Gasteiger partial charge in [-0.25, -0.2) is 0 Å². The van der Waals surface area contributed by atoms with Crippen molar-refractivity contribution in [3.05, 3.63) is 69.2 Å².